The third kappa shape index (κ3) is 3.54. The second kappa shape index (κ2) is 6.48. The number of carbonyl (C=O) groups excluding carboxylic acids is 1. The number of nitrogens with zero attached hydrogens (tertiary/aromatic N) is 1. The molecule has 1 aromatic heterocycles. The topological polar surface area (TPSA) is 41.5 Å². The molecule has 2 rings (SSSR count). The first-order valence-electron chi connectivity index (χ1n) is 6.55. The lowest BCUT2D eigenvalue weighted by Gasteiger charge is -2.05. The van der Waals surface area contributed by atoms with Gasteiger partial charge in [-0.05, 0) is 47.5 Å². The molecule has 1 heterocycles. The maximum atomic E-state index is 11.9. The van der Waals surface area contributed by atoms with Gasteiger partial charge in [0.15, 0.2) is 0 Å². The van der Waals surface area contributed by atoms with Crippen molar-refractivity contribution in [3.63, 3.8) is 0 Å². The summed E-state index contributed by atoms with van der Waals surface area (Å²) in [6.45, 7) is 6.27. The van der Waals surface area contributed by atoms with Gasteiger partial charge in [-0.25, -0.2) is 5.43 Å². The fourth-order valence-corrected chi connectivity index (χ4v) is 2.54. The van der Waals surface area contributed by atoms with Crippen molar-refractivity contribution in [2.24, 2.45) is 5.10 Å². The van der Waals surface area contributed by atoms with Gasteiger partial charge in [0.05, 0.1) is 6.21 Å². The molecule has 0 spiro atoms. The number of thiophene rings is 1. The first kappa shape index (κ1) is 14.5. The van der Waals surface area contributed by atoms with Gasteiger partial charge in [0.1, 0.15) is 0 Å². The molecule has 104 valence electrons. The molecule has 0 radical (unpaired) electrons. The maximum Gasteiger partial charge on any atom is 0.271 e. The highest BCUT2D eigenvalue weighted by Crippen LogP contribution is 2.15. The highest BCUT2D eigenvalue weighted by atomic mass is 32.1. The quantitative estimate of drug-likeness (QED) is 0.671. The number of rotatable bonds is 4. The van der Waals surface area contributed by atoms with Gasteiger partial charge in [0.2, 0.25) is 0 Å². The van der Waals surface area contributed by atoms with Crippen LogP contribution in [0.15, 0.2) is 40.8 Å². The van der Waals surface area contributed by atoms with Crippen LogP contribution in [0.4, 0.5) is 0 Å². The molecule has 2 aromatic rings. The summed E-state index contributed by atoms with van der Waals surface area (Å²) in [6.07, 6.45) is 1.68. The molecule has 0 saturated carbocycles. The number of amides is 1. The second-order valence-electron chi connectivity index (χ2n) is 4.94. The highest BCUT2D eigenvalue weighted by Gasteiger charge is 2.05. The monoisotopic (exact) mass is 286 g/mol. The summed E-state index contributed by atoms with van der Waals surface area (Å²) in [7, 11) is 0. The van der Waals surface area contributed by atoms with Crippen molar-refractivity contribution >= 4 is 23.5 Å². The summed E-state index contributed by atoms with van der Waals surface area (Å²) in [6, 6.07) is 9.64. The van der Waals surface area contributed by atoms with E-state index < -0.39 is 0 Å². The lowest BCUT2D eigenvalue weighted by Crippen LogP contribution is -2.17. The minimum atomic E-state index is -0.189. The molecule has 0 unspecified atom stereocenters. The van der Waals surface area contributed by atoms with Crippen molar-refractivity contribution in [1.29, 1.82) is 0 Å². The Bertz CT molecular complexity index is 612. The predicted octanol–water partition coefficient (Wildman–Crippen LogP) is 3.94. The standard InChI is InChI=1S/C16H18N2OS/c1-11(2)13-4-6-14(7-5-13)16(19)18-17-10-15-12(3)8-9-20-15/h4-11H,1-3H3,(H,18,19)/b17-10+. The van der Waals surface area contributed by atoms with Crippen molar-refractivity contribution in [3.8, 4) is 0 Å². The molecule has 3 nitrogen and oxygen atoms in total. The Morgan fingerprint density at radius 3 is 2.50 bits per heavy atom. The number of carbonyl (C=O) groups is 1. The molecule has 20 heavy (non-hydrogen) atoms. The molecule has 4 heteroatoms. The van der Waals surface area contributed by atoms with E-state index in [2.05, 4.69) is 24.4 Å². The fourth-order valence-electron chi connectivity index (χ4n) is 1.75. The predicted molar refractivity (Wildman–Crippen MR) is 84.6 cm³/mol. The number of nitrogens with one attached hydrogen (secondary N) is 1. The van der Waals surface area contributed by atoms with Crippen molar-refractivity contribution in [1.82, 2.24) is 5.43 Å². The van der Waals surface area contributed by atoms with E-state index in [1.165, 1.54) is 5.56 Å². The Kier molecular flexibility index (Phi) is 4.69. The lowest BCUT2D eigenvalue weighted by atomic mass is 10.0. The summed E-state index contributed by atoms with van der Waals surface area (Å²) in [5.41, 5.74) is 5.55. The number of hydrogen-bond acceptors (Lipinski definition) is 3. The van der Waals surface area contributed by atoms with Crippen molar-refractivity contribution < 1.29 is 4.79 Å². The molecule has 0 aliphatic rings. The lowest BCUT2D eigenvalue weighted by molar-refractivity contribution is 0.0955. The van der Waals surface area contributed by atoms with E-state index in [4.69, 9.17) is 0 Å². The molecule has 0 aliphatic heterocycles. The first-order chi connectivity index (χ1) is 9.58. The van der Waals surface area contributed by atoms with Crippen LogP contribution in [0.5, 0.6) is 0 Å². The highest BCUT2D eigenvalue weighted by molar-refractivity contribution is 7.11. The molecular formula is C16H18N2OS. The SMILES string of the molecule is Cc1ccsc1/C=N/NC(=O)c1ccc(C(C)C)cc1. The molecular weight excluding hydrogens is 268 g/mol. The Hall–Kier alpha value is -1.94. The Labute approximate surface area is 123 Å². The number of aryl methyl sites for hydroxylation is 1. The number of benzene rings is 1. The molecule has 0 bridgehead atoms. The molecule has 1 aromatic carbocycles. The van der Waals surface area contributed by atoms with Crippen LogP contribution in [0.1, 0.15) is 46.1 Å². The second-order valence-corrected chi connectivity index (χ2v) is 5.89. The van der Waals surface area contributed by atoms with Crippen molar-refractivity contribution in [2.45, 2.75) is 26.7 Å². The van der Waals surface area contributed by atoms with Gasteiger partial charge in [0, 0.05) is 10.4 Å². The van der Waals surface area contributed by atoms with Crippen LogP contribution in [-0.2, 0) is 0 Å². The molecule has 1 amide bonds. The molecule has 0 saturated heterocycles. The Balaban J connectivity index is 1.98. The maximum absolute atomic E-state index is 11.9. The third-order valence-corrected chi connectivity index (χ3v) is 4.04. The number of hydrazone groups is 1. The largest absolute Gasteiger partial charge is 0.271 e. The Morgan fingerprint density at radius 1 is 1.25 bits per heavy atom. The van der Waals surface area contributed by atoms with E-state index >= 15 is 0 Å². The zero-order valence-corrected chi connectivity index (χ0v) is 12.7. The molecule has 1 N–H and O–H groups in total. The zero-order chi connectivity index (χ0) is 14.5. The normalized spacial score (nSPS) is 11.2. The molecule has 0 aliphatic carbocycles. The van der Waals surface area contributed by atoms with E-state index in [0.717, 1.165) is 10.4 Å². The van der Waals surface area contributed by atoms with Gasteiger partial charge >= 0.3 is 0 Å². The minimum absolute atomic E-state index is 0.189. The average molecular weight is 286 g/mol. The van der Waals surface area contributed by atoms with Crippen LogP contribution < -0.4 is 5.43 Å². The molecule has 0 atom stereocenters. The van der Waals surface area contributed by atoms with Crippen LogP contribution in [0.3, 0.4) is 0 Å². The van der Waals surface area contributed by atoms with Gasteiger partial charge in [-0.2, -0.15) is 5.10 Å². The average Bonchev–Trinajstić information content (AvgIpc) is 2.84. The van der Waals surface area contributed by atoms with Crippen LogP contribution in [-0.4, -0.2) is 12.1 Å². The van der Waals surface area contributed by atoms with Crippen LogP contribution in [0.25, 0.3) is 0 Å². The van der Waals surface area contributed by atoms with Crippen LogP contribution in [0.2, 0.25) is 0 Å². The first-order valence-corrected chi connectivity index (χ1v) is 7.43. The smallest absolute Gasteiger partial charge is 0.267 e. The third-order valence-electron chi connectivity index (χ3n) is 3.09. The number of hydrogen-bond donors (Lipinski definition) is 1. The fraction of sp³-hybridized carbons (Fsp3) is 0.250. The van der Waals surface area contributed by atoms with E-state index in [0.29, 0.717) is 11.5 Å². The van der Waals surface area contributed by atoms with Gasteiger partial charge in [-0.3, -0.25) is 4.79 Å². The summed E-state index contributed by atoms with van der Waals surface area (Å²) >= 11 is 1.60. The summed E-state index contributed by atoms with van der Waals surface area (Å²) in [4.78, 5) is 13.0. The van der Waals surface area contributed by atoms with Crippen LogP contribution in [0, 0.1) is 6.92 Å². The van der Waals surface area contributed by atoms with Gasteiger partial charge in [-0.1, -0.05) is 26.0 Å². The summed E-state index contributed by atoms with van der Waals surface area (Å²) < 4.78 is 0. The van der Waals surface area contributed by atoms with Gasteiger partial charge < -0.3 is 0 Å². The summed E-state index contributed by atoms with van der Waals surface area (Å²) in [5, 5.41) is 6.00. The van der Waals surface area contributed by atoms with E-state index in [1.54, 1.807) is 17.6 Å². The zero-order valence-electron chi connectivity index (χ0n) is 11.9. The van der Waals surface area contributed by atoms with E-state index in [1.807, 2.05) is 42.6 Å². The van der Waals surface area contributed by atoms with E-state index in [-0.39, 0.29) is 5.91 Å². The van der Waals surface area contributed by atoms with Gasteiger partial charge in [-0.15, -0.1) is 11.3 Å². The summed E-state index contributed by atoms with van der Waals surface area (Å²) in [5.74, 6) is 0.276. The van der Waals surface area contributed by atoms with Crippen molar-refractivity contribution in [3.05, 3.63) is 57.3 Å². The van der Waals surface area contributed by atoms with Crippen LogP contribution >= 0.6 is 11.3 Å². The Morgan fingerprint density at radius 2 is 1.95 bits per heavy atom. The molecule has 0 fully saturated rings. The van der Waals surface area contributed by atoms with E-state index in [9.17, 15) is 4.79 Å². The minimum Gasteiger partial charge on any atom is -0.267 e. The van der Waals surface area contributed by atoms with Crippen molar-refractivity contribution in [2.75, 3.05) is 0 Å². The van der Waals surface area contributed by atoms with Gasteiger partial charge in [0.25, 0.3) is 5.91 Å².